The molecular formula is C18H22F4N2O2. The first-order chi connectivity index (χ1) is 12.3. The average molecular weight is 374 g/mol. The van der Waals surface area contributed by atoms with Gasteiger partial charge in [-0.3, -0.25) is 4.79 Å². The van der Waals surface area contributed by atoms with Gasteiger partial charge < -0.3 is 15.0 Å². The summed E-state index contributed by atoms with van der Waals surface area (Å²) in [6.07, 6.45) is -4.58. The van der Waals surface area contributed by atoms with E-state index in [1.54, 1.807) is 0 Å². The Balaban J connectivity index is 1.89. The van der Waals surface area contributed by atoms with Crippen molar-refractivity contribution in [3.8, 4) is 0 Å². The van der Waals surface area contributed by atoms with Crippen LogP contribution in [0.1, 0.15) is 29.9 Å². The standard InChI is InChI=1S/C18H22F4N2O2/c1-26-17(25)11-4-6-24(7-5-11)16-8-12(18(20,21)22)2-3-13(16)14-9-23-10-15(14)19/h2-3,8,11,14-15,23H,4-7,9-10H2,1H3/t14-,15?/m1/s1. The number of nitrogens with one attached hydrogen (secondary N) is 1. The van der Waals surface area contributed by atoms with Crippen LogP contribution in [0.15, 0.2) is 18.2 Å². The normalized spacial score (nSPS) is 24.7. The van der Waals surface area contributed by atoms with Gasteiger partial charge in [0, 0.05) is 37.8 Å². The Morgan fingerprint density at radius 1 is 1.23 bits per heavy atom. The van der Waals surface area contributed by atoms with Crippen LogP contribution in [0.5, 0.6) is 0 Å². The van der Waals surface area contributed by atoms with Gasteiger partial charge in [0.1, 0.15) is 6.17 Å². The van der Waals surface area contributed by atoms with Crippen LogP contribution in [0.3, 0.4) is 0 Å². The van der Waals surface area contributed by atoms with Crippen molar-refractivity contribution >= 4 is 11.7 Å². The topological polar surface area (TPSA) is 41.6 Å². The highest BCUT2D eigenvalue weighted by atomic mass is 19.4. The van der Waals surface area contributed by atoms with E-state index in [4.69, 9.17) is 4.74 Å². The molecule has 2 saturated heterocycles. The highest BCUT2D eigenvalue weighted by Gasteiger charge is 2.36. The zero-order valence-corrected chi connectivity index (χ0v) is 14.5. The molecule has 0 aromatic heterocycles. The minimum absolute atomic E-state index is 0.204. The van der Waals surface area contributed by atoms with Crippen molar-refractivity contribution in [1.29, 1.82) is 0 Å². The number of carbonyl (C=O) groups excluding carboxylic acids is 1. The Labute approximate surface area is 149 Å². The summed E-state index contributed by atoms with van der Waals surface area (Å²) in [4.78, 5) is 13.5. The van der Waals surface area contributed by atoms with Crippen molar-refractivity contribution in [2.45, 2.75) is 31.1 Å². The third-order valence-electron chi connectivity index (χ3n) is 5.27. The number of alkyl halides is 4. The van der Waals surface area contributed by atoms with Crippen LogP contribution in [0.25, 0.3) is 0 Å². The number of rotatable bonds is 3. The number of esters is 1. The fourth-order valence-corrected chi connectivity index (χ4v) is 3.78. The van der Waals surface area contributed by atoms with Crippen molar-refractivity contribution in [2.75, 3.05) is 38.2 Å². The van der Waals surface area contributed by atoms with Gasteiger partial charge >= 0.3 is 12.1 Å². The lowest BCUT2D eigenvalue weighted by Crippen LogP contribution is -2.37. The molecule has 2 aliphatic rings. The fraction of sp³-hybridized carbons (Fsp3) is 0.611. The van der Waals surface area contributed by atoms with Gasteiger partial charge in [0.25, 0.3) is 0 Å². The van der Waals surface area contributed by atoms with Crippen molar-refractivity contribution in [3.63, 3.8) is 0 Å². The molecule has 1 N–H and O–H groups in total. The summed E-state index contributed by atoms with van der Waals surface area (Å²) in [5.74, 6) is -1.00. The van der Waals surface area contributed by atoms with Gasteiger partial charge in [-0.15, -0.1) is 0 Å². The van der Waals surface area contributed by atoms with Gasteiger partial charge in [-0.1, -0.05) is 6.07 Å². The average Bonchev–Trinajstić information content (AvgIpc) is 3.05. The molecule has 0 amide bonds. The number of carbonyl (C=O) groups is 1. The van der Waals surface area contributed by atoms with Crippen molar-refractivity contribution in [3.05, 3.63) is 29.3 Å². The zero-order chi connectivity index (χ0) is 18.9. The van der Waals surface area contributed by atoms with Crippen LogP contribution in [0.2, 0.25) is 0 Å². The maximum absolute atomic E-state index is 14.2. The molecule has 0 aliphatic carbocycles. The Morgan fingerprint density at radius 3 is 2.46 bits per heavy atom. The minimum atomic E-state index is -4.46. The summed E-state index contributed by atoms with van der Waals surface area (Å²) in [6.45, 7) is 1.48. The molecule has 4 nitrogen and oxygen atoms in total. The van der Waals surface area contributed by atoms with E-state index in [1.807, 2.05) is 4.90 Å². The maximum Gasteiger partial charge on any atom is 0.416 e. The Hall–Kier alpha value is -1.83. The molecule has 8 heteroatoms. The lowest BCUT2D eigenvalue weighted by Gasteiger charge is -2.35. The van der Waals surface area contributed by atoms with Crippen LogP contribution in [-0.2, 0) is 15.7 Å². The molecule has 2 aliphatic heterocycles. The molecule has 144 valence electrons. The zero-order valence-electron chi connectivity index (χ0n) is 14.5. The molecule has 2 atom stereocenters. The van der Waals surface area contributed by atoms with E-state index in [-0.39, 0.29) is 18.4 Å². The van der Waals surface area contributed by atoms with Gasteiger partial charge in [0.2, 0.25) is 0 Å². The van der Waals surface area contributed by atoms with E-state index in [0.29, 0.717) is 43.7 Å². The third-order valence-corrected chi connectivity index (χ3v) is 5.27. The molecule has 2 heterocycles. The third kappa shape index (κ3) is 3.79. The number of halogens is 4. The van der Waals surface area contributed by atoms with E-state index in [2.05, 4.69) is 5.32 Å². The number of piperidine rings is 1. The predicted octanol–water partition coefficient (Wildman–Crippen LogP) is 3.12. The molecule has 1 aromatic carbocycles. The largest absolute Gasteiger partial charge is 0.469 e. The number of methoxy groups -OCH3 is 1. The Kier molecular flexibility index (Phi) is 5.41. The second-order valence-corrected chi connectivity index (χ2v) is 6.84. The highest BCUT2D eigenvalue weighted by molar-refractivity contribution is 5.73. The van der Waals surface area contributed by atoms with Gasteiger partial charge in [-0.25, -0.2) is 4.39 Å². The monoisotopic (exact) mass is 374 g/mol. The van der Waals surface area contributed by atoms with E-state index < -0.39 is 23.8 Å². The predicted molar refractivity (Wildman–Crippen MR) is 88.9 cm³/mol. The first-order valence-electron chi connectivity index (χ1n) is 8.70. The molecule has 0 saturated carbocycles. The van der Waals surface area contributed by atoms with Crippen molar-refractivity contribution in [1.82, 2.24) is 5.32 Å². The molecule has 0 bridgehead atoms. The molecule has 0 spiro atoms. The fourth-order valence-electron chi connectivity index (χ4n) is 3.78. The van der Waals surface area contributed by atoms with E-state index >= 15 is 0 Å². The number of nitrogens with zero attached hydrogens (tertiary/aromatic N) is 1. The number of anilines is 1. The van der Waals surface area contributed by atoms with Crippen LogP contribution in [0, 0.1) is 5.92 Å². The summed E-state index contributed by atoms with van der Waals surface area (Å²) >= 11 is 0. The lowest BCUT2D eigenvalue weighted by molar-refractivity contribution is -0.146. The van der Waals surface area contributed by atoms with E-state index in [1.165, 1.54) is 13.2 Å². The number of ether oxygens (including phenoxy) is 1. The van der Waals surface area contributed by atoms with Gasteiger partial charge in [-0.05, 0) is 30.5 Å². The smallest absolute Gasteiger partial charge is 0.416 e. The number of benzene rings is 1. The second-order valence-electron chi connectivity index (χ2n) is 6.84. The molecule has 1 unspecified atom stereocenters. The van der Waals surface area contributed by atoms with E-state index in [9.17, 15) is 22.4 Å². The summed E-state index contributed by atoms with van der Waals surface area (Å²) in [5.41, 5.74) is 0.263. The Bertz CT molecular complexity index is 657. The molecule has 1 aromatic rings. The minimum Gasteiger partial charge on any atom is -0.469 e. The summed E-state index contributed by atoms with van der Waals surface area (Å²) in [7, 11) is 1.33. The lowest BCUT2D eigenvalue weighted by atomic mass is 9.91. The first-order valence-corrected chi connectivity index (χ1v) is 8.70. The summed E-state index contributed by atoms with van der Waals surface area (Å²) < 4.78 is 58.5. The highest BCUT2D eigenvalue weighted by Crippen LogP contribution is 2.39. The van der Waals surface area contributed by atoms with Crippen molar-refractivity contribution < 1.29 is 27.1 Å². The summed E-state index contributed by atoms with van der Waals surface area (Å²) in [6, 6.07) is 3.53. The van der Waals surface area contributed by atoms with Crippen LogP contribution in [0.4, 0.5) is 23.2 Å². The molecule has 0 radical (unpaired) electrons. The molecule has 26 heavy (non-hydrogen) atoms. The first kappa shape index (κ1) is 18.9. The molecule has 2 fully saturated rings. The second kappa shape index (κ2) is 7.42. The van der Waals surface area contributed by atoms with E-state index in [0.717, 1.165) is 12.1 Å². The maximum atomic E-state index is 14.2. The Morgan fingerprint density at radius 2 is 1.92 bits per heavy atom. The number of hydrogen-bond acceptors (Lipinski definition) is 4. The van der Waals surface area contributed by atoms with Gasteiger partial charge in [0.05, 0.1) is 18.6 Å². The quantitative estimate of drug-likeness (QED) is 0.652. The van der Waals surface area contributed by atoms with Crippen molar-refractivity contribution in [2.24, 2.45) is 5.92 Å². The van der Waals surface area contributed by atoms with Crippen LogP contribution in [-0.4, -0.2) is 45.4 Å². The van der Waals surface area contributed by atoms with Gasteiger partial charge in [0.15, 0.2) is 0 Å². The van der Waals surface area contributed by atoms with Crippen LogP contribution >= 0.6 is 0 Å². The van der Waals surface area contributed by atoms with Gasteiger partial charge in [-0.2, -0.15) is 13.2 Å². The SMILES string of the molecule is COC(=O)C1CCN(c2cc(C(F)(F)F)ccc2[C@H]2CNCC2F)CC1. The molecular weight excluding hydrogens is 352 g/mol. The van der Waals surface area contributed by atoms with Crippen LogP contribution < -0.4 is 10.2 Å². The summed E-state index contributed by atoms with van der Waals surface area (Å²) in [5, 5.41) is 2.95. The number of hydrogen-bond donors (Lipinski definition) is 1. The molecule has 3 rings (SSSR count).